The van der Waals surface area contributed by atoms with Crippen molar-refractivity contribution in [1.82, 2.24) is 4.90 Å². The normalized spacial score (nSPS) is 20.5. The third kappa shape index (κ3) is 5.40. The Bertz CT molecular complexity index is 770. The number of non-ortho nitro benzene ring substituents is 1. The van der Waals surface area contributed by atoms with Crippen LogP contribution in [0.2, 0.25) is 0 Å². The topological polar surface area (TPSA) is 119 Å². The van der Waals surface area contributed by atoms with Gasteiger partial charge in [-0.25, -0.2) is 13.6 Å². The zero-order valence-corrected chi connectivity index (χ0v) is 16.3. The van der Waals surface area contributed by atoms with Gasteiger partial charge in [0, 0.05) is 37.8 Å². The van der Waals surface area contributed by atoms with Crippen LogP contribution in [-0.2, 0) is 10.0 Å². The standard InChI is InChI=1S/C18H28N4O4S/c19-27(25,26)18-12-16(22(23)24)6-7-17(18)20-15-8-10-21(11-9-15)13-14-4-2-1-3-5-14/h6-7,12,14-15,20H,1-5,8-11,13H2,(H2,19,25,26). The van der Waals surface area contributed by atoms with E-state index in [2.05, 4.69) is 10.2 Å². The molecule has 1 saturated heterocycles. The van der Waals surface area contributed by atoms with Gasteiger partial charge < -0.3 is 10.2 Å². The van der Waals surface area contributed by atoms with E-state index < -0.39 is 14.9 Å². The lowest BCUT2D eigenvalue weighted by atomic mass is 9.88. The number of piperidine rings is 1. The summed E-state index contributed by atoms with van der Waals surface area (Å²) in [6.07, 6.45) is 8.54. The van der Waals surface area contributed by atoms with Crippen molar-refractivity contribution in [3.05, 3.63) is 28.3 Å². The molecule has 1 aromatic rings. The number of anilines is 1. The molecule has 0 aromatic heterocycles. The molecule has 1 heterocycles. The van der Waals surface area contributed by atoms with Crippen LogP contribution in [0.5, 0.6) is 0 Å². The summed E-state index contributed by atoms with van der Waals surface area (Å²) >= 11 is 0. The number of nitro benzene ring substituents is 1. The molecule has 1 aromatic carbocycles. The predicted molar refractivity (Wildman–Crippen MR) is 104 cm³/mol. The van der Waals surface area contributed by atoms with Crippen molar-refractivity contribution < 1.29 is 13.3 Å². The van der Waals surface area contributed by atoms with E-state index in [0.717, 1.165) is 44.5 Å². The molecule has 8 nitrogen and oxygen atoms in total. The van der Waals surface area contributed by atoms with Gasteiger partial charge >= 0.3 is 0 Å². The molecule has 0 amide bonds. The minimum Gasteiger partial charge on any atom is -0.381 e. The third-order valence-corrected chi connectivity index (χ3v) is 6.62. The Morgan fingerprint density at radius 1 is 1.15 bits per heavy atom. The fourth-order valence-electron chi connectivity index (χ4n) is 4.19. The molecule has 2 aliphatic rings. The van der Waals surface area contributed by atoms with Crippen LogP contribution in [0.4, 0.5) is 11.4 Å². The lowest BCUT2D eigenvalue weighted by Gasteiger charge is -2.36. The smallest absolute Gasteiger partial charge is 0.270 e. The average Bonchev–Trinajstić information content (AvgIpc) is 2.63. The van der Waals surface area contributed by atoms with Crippen LogP contribution < -0.4 is 10.5 Å². The van der Waals surface area contributed by atoms with Gasteiger partial charge in [0.15, 0.2) is 0 Å². The molecule has 9 heteroatoms. The maximum Gasteiger partial charge on any atom is 0.270 e. The molecule has 1 aliphatic carbocycles. The fourth-order valence-corrected chi connectivity index (χ4v) is 4.91. The van der Waals surface area contributed by atoms with Crippen molar-refractivity contribution in [1.29, 1.82) is 0 Å². The molecule has 150 valence electrons. The Balaban J connectivity index is 1.60. The van der Waals surface area contributed by atoms with Crippen molar-refractivity contribution in [2.75, 3.05) is 25.0 Å². The molecule has 1 aliphatic heterocycles. The van der Waals surface area contributed by atoms with Gasteiger partial charge in [0.2, 0.25) is 10.0 Å². The molecule has 3 rings (SSSR count). The summed E-state index contributed by atoms with van der Waals surface area (Å²) in [5.74, 6) is 0.812. The monoisotopic (exact) mass is 396 g/mol. The Kier molecular flexibility index (Phi) is 6.33. The number of nitrogens with zero attached hydrogens (tertiary/aromatic N) is 2. The van der Waals surface area contributed by atoms with Gasteiger partial charge in [0.1, 0.15) is 4.90 Å². The number of hydrogen-bond acceptors (Lipinski definition) is 6. The Morgan fingerprint density at radius 3 is 2.41 bits per heavy atom. The zero-order chi connectivity index (χ0) is 19.4. The number of hydrogen-bond donors (Lipinski definition) is 2. The molecule has 0 spiro atoms. The average molecular weight is 397 g/mol. The van der Waals surface area contributed by atoms with Gasteiger partial charge in [-0.2, -0.15) is 0 Å². The number of nitro groups is 1. The molecule has 3 N–H and O–H groups in total. The van der Waals surface area contributed by atoms with Crippen LogP contribution in [0.3, 0.4) is 0 Å². The Labute approximate surface area is 160 Å². The molecular weight excluding hydrogens is 368 g/mol. The van der Waals surface area contributed by atoms with Crippen LogP contribution in [-0.4, -0.2) is 43.9 Å². The van der Waals surface area contributed by atoms with Crippen LogP contribution in [0.25, 0.3) is 0 Å². The summed E-state index contributed by atoms with van der Waals surface area (Å²) in [5.41, 5.74) is 0.0562. The van der Waals surface area contributed by atoms with E-state index in [1.807, 2.05) is 0 Å². The summed E-state index contributed by atoms with van der Waals surface area (Å²) in [4.78, 5) is 12.6. The Morgan fingerprint density at radius 2 is 1.81 bits per heavy atom. The molecule has 0 bridgehead atoms. The maximum absolute atomic E-state index is 11.9. The van der Waals surface area contributed by atoms with Crippen LogP contribution in [0.1, 0.15) is 44.9 Å². The summed E-state index contributed by atoms with van der Waals surface area (Å²) in [6, 6.07) is 3.90. The minimum absolute atomic E-state index is 0.134. The first-order valence-corrected chi connectivity index (χ1v) is 11.2. The number of nitrogens with one attached hydrogen (secondary N) is 1. The quantitative estimate of drug-likeness (QED) is 0.564. The number of sulfonamides is 1. The summed E-state index contributed by atoms with van der Waals surface area (Å²) < 4.78 is 23.7. The van der Waals surface area contributed by atoms with E-state index >= 15 is 0 Å². The lowest BCUT2D eigenvalue weighted by molar-refractivity contribution is -0.385. The van der Waals surface area contributed by atoms with Crippen LogP contribution in [0.15, 0.2) is 23.1 Å². The first kappa shape index (κ1) is 20.0. The largest absolute Gasteiger partial charge is 0.381 e. The highest BCUT2D eigenvalue weighted by Crippen LogP contribution is 2.29. The van der Waals surface area contributed by atoms with E-state index in [-0.39, 0.29) is 16.6 Å². The van der Waals surface area contributed by atoms with Gasteiger partial charge in [-0.3, -0.25) is 10.1 Å². The van der Waals surface area contributed by atoms with Crippen molar-refractivity contribution in [3.8, 4) is 0 Å². The van der Waals surface area contributed by atoms with Gasteiger partial charge in [0.25, 0.3) is 5.69 Å². The molecule has 0 unspecified atom stereocenters. The van der Waals surface area contributed by atoms with E-state index in [4.69, 9.17) is 5.14 Å². The number of primary sulfonamides is 1. The molecule has 0 radical (unpaired) electrons. The highest BCUT2D eigenvalue weighted by molar-refractivity contribution is 7.89. The summed E-state index contributed by atoms with van der Waals surface area (Å²) in [6.45, 7) is 3.12. The predicted octanol–water partition coefficient (Wildman–Crippen LogP) is 2.70. The molecule has 1 saturated carbocycles. The second kappa shape index (κ2) is 8.53. The second-order valence-electron chi connectivity index (χ2n) is 7.71. The molecule has 2 fully saturated rings. The highest BCUT2D eigenvalue weighted by atomic mass is 32.2. The van der Waals surface area contributed by atoms with Crippen molar-refractivity contribution in [3.63, 3.8) is 0 Å². The number of nitrogens with two attached hydrogens (primary N) is 1. The van der Waals surface area contributed by atoms with Crippen molar-refractivity contribution in [2.45, 2.75) is 55.9 Å². The number of likely N-dealkylation sites (tertiary alicyclic amines) is 1. The van der Waals surface area contributed by atoms with E-state index in [9.17, 15) is 18.5 Å². The SMILES string of the molecule is NS(=O)(=O)c1cc([N+](=O)[O-])ccc1NC1CCN(CC2CCCCC2)CC1. The van der Waals surface area contributed by atoms with E-state index in [1.165, 1.54) is 44.2 Å². The van der Waals surface area contributed by atoms with Gasteiger partial charge in [0.05, 0.1) is 10.6 Å². The molecule has 0 atom stereocenters. The highest BCUT2D eigenvalue weighted by Gasteiger charge is 2.25. The summed E-state index contributed by atoms with van der Waals surface area (Å²) in [5, 5.41) is 19.4. The van der Waals surface area contributed by atoms with Gasteiger partial charge in [-0.15, -0.1) is 0 Å². The molecular formula is C18H28N4O4S. The number of benzene rings is 1. The first-order valence-electron chi connectivity index (χ1n) is 9.63. The maximum atomic E-state index is 11.9. The van der Waals surface area contributed by atoms with Gasteiger partial charge in [-0.05, 0) is 37.7 Å². The van der Waals surface area contributed by atoms with Crippen LogP contribution >= 0.6 is 0 Å². The van der Waals surface area contributed by atoms with E-state index in [0.29, 0.717) is 5.69 Å². The molecule has 27 heavy (non-hydrogen) atoms. The Hall–Kier alpha value is -1.71. The van der Waals surface area contributed by atoms with Crippen LogP contribution in [0, 0.1) is 16.0 Å². The zero-order valence-electron chi connectivity index (χ0n) is 15.5. The number of rotatable bonds is 6. The first-order chi connectivity index (χ1) is 12.8. The fraction of sp³-hybridized carbons (Fsp3) is 0.667. The third-order valence-electron chi connectivity index (χ3n) is 5.67. The second-order valence-corrected chi connectivity index (χ2v) is 9.24. The lowest BCUT2D eigenvalue weighted by Crippen LogP contribution is -2.41. The van der Waals surface area contributed by atoms with Crippen molar-refractivity contribution >= 4 is 21.4 Å². The summed E-state index contributed by atoms with van der Waals surface area (Å²) in [7, 11) is -4.05. The van der Waals surface area contributed by atoms with Crippen molar-refractivity contribution in [2.24, 2.45) is 11.1 Å². The van der Waals surface area contributed by atoms with Gasteiger partial charge in [-0.1, -0.05) is 19.3 Å². The van der Waals surface area contributed by atoms with E-state index in [1.54, 1.807) is 0 Å². The minimum atomic E-state index is -4.05.